The highest BCUT2D eigenvalue weighted by molar-refractivity contribution is 6.04. The van der Waals surface area contributed by atoms with Gasteiger partial charge in [-0.15, -0.1) is 0 Å². The van der Waals surface area contributed by atoms with Gasteiger partial charge in [0.25, 0.3) is 11.5 Å². The van der Waals surface area contributed by atoms with Crippen molar-refractivity contribution in [3.63, 3.8) is 0 Å². The van der Waals surface area contributed by atoms with Gasteiger partial charge in [-0.25, -0.2) is 9.18 Å². The van der Waals surface area contributed by atoms with E-state index in [0.29, 0.717) is 42.4 Å². The minimum absolute atomic E-state index is 0.0450. The molecule has 198 valence electrons. The number of aromatic amines is 1. The smallest absolute Gasteiger partial charge is 0.329 e. The van der Waals surface area contributed by atoms with E-state index in [2.05, 4.69) is 22.3 Å². The molecule has 4 aromatic rings. The number of hydrogen-bond acceptors (Lipinski definition) is 5. The molecular formula is C30H27FN4O4. The van der Waals surface area contributed by atoms with Gasteiger partial charge in [-0.2, -0.15) is 0 Å². The van der Waals surface area contributed by atoms with Crippen molar-refractivity contribution in [3.8, 4) is 0 Å². The number of carbonyl (C=O) groups excluding carboxylic acids is 1. The minimum atomic E-state index is -0.618. The lowest BCUT2D eigenvalue weighted by molar-refractivity contribution is 0.0113. The van der Waals surface area contributed by atoms with E-state index < -0.39 is 23.0 Å². The number of para-hydroxylation sites is 1. The molecule has 3 aromatic carbocycles. The average Bonchev–Trinajstić information content (AvgIpc) is 3.38. The van der Waals surface area contributed by atoms with Crippen molar-refractivity contribution < 1.29 is 14.0 Å². The summed E-state index contributed by atoms with van der Waals surface area (Å²) in [7, 11) is 0. The molecule has 2 aliphatic rings. The van der Waals surface area contributed by atoms with Gasteiger partial charge < -0.3 is 9.74 Å². The Morgan fingerprint density at radius 2 is 1.77 bits per heavy atom. The van der Waals surface area contributed by atoms with Crippen molar-refractivity contribution >= 4 is 22.5 Å². The highest BCUT2D eigenvalue weighted by atomic mass is 19.1. The maximum Gasteiger partial charge on any atom is 0.329 e. The molecule has 6 rings (SSSR count). The van der Waals surface area contributed by atoms with Gasteiger partial charge in [-0.3, -0.25) is 19.1 Å². The summed E-state index contributed by atoms with van der Waals surface area (Å²) in [6.07, 6.45) is 2.91. The van der Waals surface area contributed by atoms with E-state index in [9.17, 15) is 18.8 Å². The second kappa shape index (κ2) is 10.3. The fourth-order valence-corrected chi connectivity index (χ4v) is 5.39. The highest BCUT2D eigenvalue weighted by Gasteiger charge is 2.27. The Bertz CT molecular complexity index is 1720. The summed E-state index contributed by atoms with van der Waals surface area (Å²) < 4.78 is 16.2. The molecule has 1 amide bonds. The summed E-state index contributed by atoms with van der Waals surface area (Å²) in [6.45, 7) is 0.938. The largest absolute Gasteiger partial charge is 0.392 e. The zero-order chi connectivity index (χ0) is 26.9. The van der Waals surface area contributed by atoms with Crippen molar-refractivity contribution in [2.45, 2.75) is 38.3 Å². The van der Waals surface area contributed by atoms with Crippen LogP contribution in [-0.4, -0.2) is 45.3 Å². The lowest BCUT2D eigenvalue weighted by atomic mass is 10.0. The van der Waals surface area contributed by atoms with Gasteiger partial charge in [0.15, 0.2) is 0 Å². The van der Waals surface area contributed by atoms with Crippen LogP contribution in [0.15, 0.2) is 81.5 Å². The summed E-state index contributed by atoms with van der Waals surface area (Å²) in [5, 5.41) is 4.80. The minimum Gasteiger partial charge on any atom is -0.392 e. The van der Waals surface area contributed by atoms with Crippen LogP contribution >= 0.6 is 0 Å². The van der Waals surface area contributed by atoms with Crippen LogP contribution in [0, 0.1) is 5.82 Å². The Labute approximate surface area is 223 Å². The first kappa shape index (κ1) is 24.8. The number of nitrogens with zero attached hydrogens (tertiary/aromatic N) is 3. The quantitative estimate of drug-likeness (QED) is 0.400. The van der Waals surface area contributed by atoms with Gasteiger partial charge in [0.05, 0.1) is 28.7 Å². The Balaban J connectivity index is 1.14. The van der Waals surface area contributed by atoms with Gasteiger partial charge in [0.1, 0.15) is 11.9 Å². The number of rotatable bonds is 5. The van der Waals surface area contributed by atoms with Gasteiger partial charge >= 0.3 is 5.69 Å². The summed E-state index contributed by atoms with van der Waals surface area (Å²) in [4.78, 5) is 47.8. The van der Waals surface area contributed by atoms with Crippen LogP contribution < -0.4 is 11.2 Å². The number of hydrogen-bond donors (Lipinski definition) is 1. The standard InChI is InChI=1S/C30H27FN4O4/c31-25-11-9-19(18-35-27-8-4-3-7-23(27)28(36)32-30(35)38)17-24(25)29(37)34-15-13-21(14-16-34)39-33-26-12-10-20-5-1-2-6-22(20)26/h1-9,11,17,21H,10,12-16,18H2,(H,32,36,38)/b33-26+. The lowest BCUT2D eigenvalue weighted by Gasteiger charge is -2.31. The highest BCUT2D eigenvalue weighted by Crippen LogP contribution is 2.24. The Kier molecular flexibility index (Phi) is 6.56. The topological polar surface area (TPSA) is 96.8 Å². The van der Waals surface area contributed by atoms with E-state index in [0.717, 1.165) is 24.1 Å². The molecule has 39 heavy (non-hydrogen) atoms. The molecule has 0 unspecified atom stereocenters. The molecular weight excluding hydrogens is 499 g/mol. The number of fused-ring (bicyclic) bond motifs is 2. The second-order valence-corrected chi connectivity index (χ2v) is 9.97. The maximum atomic E-state index is 14.8. The number of piperidine rings is 1. The molecule has 8 nitrogen and oxygen atoms in total. The number of nitrogens with one attached hydrogen (secondary N) is 1. The summed E-state index contributed by atoms with van der Waals surface area (Å²) in [5.74, 6) is -1.02. The molecule has 2 heterocycles. The Hall–Kier alpha value is -4.53. The fourth-order valence-electron chi connectivity index (χ4n) is 5.39. The zero-order valence-corrected chi connectivity index (χ0v) is 21.2. The lowest BCUT2D eigenvalue weighted by Crippen LogP contribution is -2.41. The number of benzene rings is 3. The summed E-state index contributed by atoms with van der Waals surface area (Å²) >= 11 is 0. The number of halogens is 1. The number of carbonyl (C=O) groups is 1. The first-order valence-corrected chi connectivity index (χ1v) is 13.1. The van der Waals surface area contributed by atoms with Gasteiger partial charge in [0.2, 0.25) is 0 Å². The number of aromatic nitrogens is 2. The predicted octanol–water partition coefficient (Wildman–Crippen LogP) is 3.85. The Morgan fingerprint density at radius 1 is 1.00 bits per heavy atom. The molecule has 1 N–H and O–H groups in total. The van der Waals surface area contributed by atoms with E-state index in [1.54, 1.807) is 35.2 Å². The van der Waals surface area contributed by atoms with Crippen LogP contribution in [0.25, 0.3) is 10.9 Å². The molecule has 1 aliphatic heterocycles. The Morgan fingerprint density at radius 3 is 2.62 bits per heavy atom. The van der Waals surface area contributed by atoms with Crippen LogP contribution in [0.4, 0.5) is 4.39 Å². The first-order valence-electron chi connectivity index (χ1n) is 13.1. The molecule has 1 aromatic heterocycles. The molecule has 0 spiro atoms. The number of aryl methyl sites for hydroxylation is 1. The van der Waals surface area contributed by atoms with E-state index >= 15 is 0 Å². The van der Waals surface area contributed by atoms with Gasteiger partial charge in [-0.1, -0.05) is 47.6 Å². The third-order valence-electron chi connectivity index (χ3n) is 7.51. The van der Waals surface area contributed by atoms with Crippen molar-refractivity contribution in [1.82, 2.24) is 14.5 Å². The molecule has 1 fully saturated rings. The number of amides is 1. The van der Waals surface area contributed by atoms with Crippen LogP contribution in [0.2, 0.25) is 0 Å². The van der Waals surface area contributed by atoms with Crippen molar-refractivity contribution in [2.75, 3.05) is 13.1 Å². The van der Waals surface area contributed by atoms with Crippen LogP contribution in [0.3, 0.4) is 0 Å². The number of oxime groups is 1. The van der Waals surface area contributed by atoms with Gasteiger partial charge in [-0.05, 0) is 48.2 Å². The molecule has 0 radical (unpaired) electrons. The first-order chi connectivity index (χ1) is 19.0. The summed E-state index contributed by atoms with van der Waals surface area (Å²) in [5.41, 5.74) is 3.34. The predicted molar refractivity (Wildman–Crippen MR) is 146 cm³/mol. The van der Waals surface area contributed by atoms with Crippen molar-refractivity contribution in [1.29, 1.82) is 0 Å². The maximum absolute atomic E-state index is 14.8. The molecule has 0 bridgehead atoms. The summed E-state index contributed by atoms with van der Waals surface area (Å²) in [6, 6.07) is 19.2. The molecule has 1 saturated heterocycles. The van der Waals surface area contributed by atoms with Crippen LogP contribution in [-0.2, 0) is 17.8 Å². The molecule has 0 atom stereocenters. The van der Waals surface area contributed by atoms with E-state index in [1.807, 2.05) is 12.1 Å². The normalized spacial score (nSPS) is 16.5. The third-order valence-corrected chi connectivity index (χ3v) is 7.51. The average molecular weight is 527 g/mol. The SMILES string of the molecule is O=C(c1cc(Cn2c(=O)[nH]c(=O)c3ccccc32)ccc1F)N1CCC(O/N=C2\CCc3ccccc32)CC1. The zero-order valence-electron chi connectivity index (χ0n) is 21.2. The van der Waals surface area contributed by atoms with Crippen molar-refractivity contribution in [2.24, 2.45) is 5.16 Å². The molecule has 9 heteroatoms. The van der Waals surface area contributed by atoms with Gasteiger partial charge in [0, 0.05) is 31.5 Å². The van der Waals surface area contributed by atoms with E-state index in [1.165, 1.54) is 22.3 Å². The molecule has 0 saturated carbocycles. The van der Waals surface area contributed by atoms with E-state index in [-0.39, 0.29) is 18.2 Å². The van der Waals surface area contributed by atoms with Crippen molar-refractivity contribution in [3.05, 3.63) is 116 Å². The second-order valence-electron chi connectivity index (χ2n) is 9.97. The van der Waals surface area contributed by atoms with Crippen LogP contribution in [0.1, 0.15) is 46.3 Å². The van der Waals surface area contributed by atoms with Crippen LogP contribution in [0.5, 0.6) is 0 Å². The number of likely N-dealkylation sites (tertiary alicyclic amines) is 1. The monoisotopic (exact) mass is 526 g/mol. The van der Waals surface area contributed by atoms with E-state index in [4.69, 9.17) is 4.84 Å². The fraction of sp³-hybridized carbons (Fsp3) is 0.267. The molecule has 1 aliphatic carbocycles. The number of H-pyrrole nitrogens is 1. The third kappa shape index (κ3) is 4.87.